The maximum absolute atomic E-state index is 6.01. The molecule has 0 bridgehead atoms. The molecule has 27 heavy (non-hydrogen) atoms. The fraction of sp³-hybridized carbons (Fsp3) is 0.182. The summed E-state index contributed by atoms with van der Waals surface area (Å²) in [5, 5.41) is 4.17. The van der Waals surface area contributed by atoms with Gasteiger partial charge >= 0.3 is 0 Å². The highest BCUT2D eigenvalue weighted by Crippen LogP contribution is 2.32. The summed E-state index contributed by atoms with van der Waals surface area (Å²) in [6.07, 6.45) is 0. The summed E-state index contributed by atoms with van der Waals surface area (Å²) in [5.74, 6) is 2.46. The summed E-state index contributed by atoms with van der Waals surface area (Å²) in [4.78, 5) is 0. The monoisotopic (exact) mass is 381 g/mol. The maximum Gasteiger partial charge on any atom is 0.231 e. The average molecular weight is 382 g/mol. The second kappa shape index (κ2) is 8.33. The summed E-state index contributed by atoms with van der Waals surface area (Å²) in [7, 11) is 0. The molecule has 0 amide bonds. The highest BCUT2D eigenvalue weighted by atomic mass is 35.5. The van der Waals surface area contributed by atoms with E-state index in [1.807, 2.05) is 54.6 Å². The lowest BCUT2D eigenvalue weighted by molar-refractivity contribution is 0.174. The van der Waals surface area contributed by atoms with Crippen LogP contribution >= 0.6 is 11.6 Å². The zero-order valence-electron chi connectivity index (χ0n) is 14.8. The first kappa shape index (κ1) is 17.7. The molecular formula is C22H20ClNO3. The second-order valence-corrected chi connectivity index (χ2v) is 6.79. The molecule has 5 heteroatoms. The largest absolute Gasteiger partial charge is 0.489 e. The van der Waals surface area contributed by atoms with Gasteiger partial charge in [-0.2, -0.15) is 0 Å². The Morgan fingerprint density at radius 2 is 1.59 bits per heavy atom. The topological polar surface area (TPSA) is 39.7 Å². The highest BCUT2D eigenvalue weighted by Gasteiger charge is 2.12. The quantitative estimate of drug-likeness (QED) is 0.629. The molecule has 0 atom stereocenters. The Morgan fingerprint density at radius 3 is 2.48 bits per heavy atom. The van der Waals surface area contributed by atoms with Crippen molar-refractivity contribution in [2.75, 3.05) is 6.79 Å². The number of ether oxygens (including phenoxy) is 3. The van der Waals surface area contributed by atoms with Crippen LogP contribution in [-0.2, 0) is 19.7 Å². The fourth-order valence-electron chi connectivity index (χ4n) is 2.94. The molecule has 0 fully saturated rings. The molecule has 3 aromatic carbocycles. The summed E-state index contributed by atoms with van der Waals surface area (Å²) in [6.45, 7) is 2.30. The number of benzene rings is 3. The summed E-state index contributed by atoms with van der Waals surface area (Å²) < 4.78 is 16.6. The summed E-state index contributed by atoms with van der Waals surface area (Å²) in [6, 6.07) is 21.8. The van der Waals surface area contributed by atoms with Crippen molar-refractivity contribution in [2.45, 2.75) is 19.7 Å². The van der Waals surface area contributed by atoms with E-state index in [0.29, 0.717) is 13.4 Å². The molecule has 0 unspecified atom stereocenters. The van der Waals surface area contributed by atoms with Gasteiger partial charge in [-0.25, -0.2) is 0 Å². The molecular weight excluding hydrogens is 362 g/mol. The van der Waals surface area contributed by atoms with Gasteiger partial charge in [0.15, 0.2) is 11.5 Å². The molecule has 4 rings (SSSR count). The van der Waals surface area contributed by atoms with Crippen LogP contribution < -0.4 is 19.5 Å². The number of nitrogens with one attached hydrogen (secondary N) is 1. The van der Waals surface area contributed by atoms with Crippen molar-refractivity contribution in [2.24, 2.45) is 0 Å². The lowest BCUT2D eigenvalue weighted by atomic mass is 10.2. The van der Waals surface area contributed by atoms with E-state index in [2.05, 4.69) is 17.4 Å². The standard InChI is InChI=1S/C22H20ClNO3/c23-19-5-1-4-18(9-19)14-25-20-6-2-3-16(10-20)12-24-13-17-7-8-21-22(11-17)27-15-26-21/h1-11,24H,12-15H2. The minimum atomic E-state index is 0.300. The Kier molecular flexibility index (Phi) is 5.47. The second-order valence-electron chi connectivity index (χ2n) is 6.36. The van der Waals surface area contributed by atoms with Crippen molar-refractivity contribution < 1.29 is 14.2 Å². The predicted molar refractivity (Wildman–Crippen MR) is 105 cm³/mol. The predicted octanol–water partition coefficient (Wildman–Crippen LogP) is 4.94. The minimum absolute atomic E-state index is 0.300. The Balaban J connectivity index is 1.30. The van der Waals surface area contributed by atoms with E-state index in [-0.39, 0.29) is 0 Å². The van der Waals surface area contributed by atoms with Crippen molar-refractivity contribution >= 4 is 11.6 Å². The Labute approximate surface area is 163 Å². The smallest absolute Gasteiger partial charge is 0.231 e. The molecule has 0 aliphatic carbocycles. The third-order valence-corrected chi connectivity index (χ3v) is 4.52. The van der Waals surface area contributed by atoms with E-state index < -0.39 is 0 Å². The minimum Gasteiger partial charge on any atom is -0.489 e. The first-order valence-corrected chi connectivity index (χ1v) is 9.19. The summed E-state index contributed by atoms with van der Waals surface area (Å²) in [5.41, 5.74) is 3.38. The number of halogens is 1. The molecule has 0 saturated carbocycles. The van der Waals surface area contributed by atoms with E-state index in [4.69, 9.17) is 25.8 Å². The molecule has 1 N–H and O–H groups in total. The molecule has 0 spiro atoms. The summed E-state index contributed by atoms with van der Waals surface area (Å²) >= 11 is 6.01. The van der Waals surface area contributed by atoms with Gasteiger partial charge in [0.05, 0.1) is 0 Å². The van der Waals surface area contributed by atoms with E-state index >= 15 is 0 Å². The Morgan fingerprint density at radius 1 is 0.815 bits per heavy atom. The van der Waals surface area contributed by atoms with Crippen LogP contribution in [0.2, 0.25) is 5.02 Å². The van der Waals surface area contributed by atoms with Gasteiger partial charge in [-0.15, -0.1) is 0 Å². The van der Waals surface area contributed by atoms with E-state index in [1.54, 1.807) is 0 Å². The normalized spacial score (nSPS) is 12.2. The van der Waals surface area contributed by atoms with Gasteiger partial charge in [0, 0.05) is 18.1 Å². The van der Waals surface area contributed by atoms with Crippen LogP contribution in [0, 0.1) is 0 Å². The molecule has 0 saturated heterocycles. The van der Waals surface area contributed by atoms with Gasteiger partial charge in [-0.05, 0) is 53.1 Å². The zero-order valence-corrected chi connectivity index (χ0v) is 15.5. The third kappa shape index (κ3) is 4.73. The van der Waals surface area contributed by atoms with Crippen molar-refractivity contribution in [3.8, 4) is 17.2 Å². The van der Waals surface area contributed by atoms with Crippen LogP contribution in [0.4, 0.5) is 0 Å². The van der Waals surface area contributed by atoms with Gasteiger partial charge in [0.25, 0.3) is 0 Å². The van der Waals surface area contributed by atoms with Crippen molar-refractivity contribution in [3.05, 3.63) is 88.4 Å². The Hall–Kier alpha value is -2.69. The van der Waals surface area contributed by atoms with Crippen LogP contribution in [0.15, 0.2) is 66.7 Å². The van der Waals surface area contributed by atoms with Gasteiger partial charge in [0.1, 0.15) is 12.4 Å². The van der Waals surface area contributed by atoms with Crippen LogP contribution in [0.5, 0.6) is 17.2 Å². The van der Waals surface area contributed by atoms with Crippen LogP contribution in [-0.4, -0.2) is 6.79 Å². The van der Waals surface area contributed by atoms with Gasteiger partial charge in [-0.3, -0.25) is 0 Å². The van der Waals surface area contributed by atoms with Crippen molar-refractivity contribution in [1.82, 2.24) is 5.32 Å². The highest BCUT2D eigenvalue weighted by molar-refractivity contribution is 6.30. The molecule has 0 radical (unpaired) electrons. The first-order chi connectivity index (χ1) is 13.3. The average Bonchev–Trinajstić information content (AvgIpc) is 3.15. The molecule has 1 aliphatic heterocycles. The van der Waals surface area contributed by atoms with Gasteiger partial charge in [0.2, 0.25) is 6.79 Å². The van der Waals surface area contributed by atoms with Crippen molar-refractivity contribution in [3.63, 3.8) is 0 Å². The molecule has 1 heterocycles. The molecule has 0 aromatic heterocycles. The van der Waals surface area contributed by atoms with E-state index in [1.165, 1.54) is 5.56 Å². The van der Waals surface area contributed by atoms with E-state index in [0.717, 1.165) is 46.5 Å². The number of hydrogen-bond acceptors (Lipinski definition) is 4. The van der Waals surface area contributed by atoms with Crippen LogP contribution in [0.3, 0.4) is 0 Å². The number of rotatable bonds is 7. The van der Waals surface area contributed by atoms with E-state index in [9.17, 15) is 0 Å². The first-order valence-electron chi connectivity index (χ1n) is 8.82. The fourth-order valence-corrected chi connectivity index (χ4v) is 3.15. The van der Waals surface area contributed by atoms with Crippen LogP contribution in [0.25, 0.3) is 0 Å². The number of hydrogen-bond donors (Lipinski definition) is 1. The Bertz CT molecular complexity index is 929. The van der Waals surface area contributed by atoms with Gasteiger partial charge < -0.3 is 19.5 Å². The lowest BCUT2D eigenvalue weighted by Gasteiger charge is -2.10. The molecule has 1 aliphatic rings. The molecule has 138 valence electrons. The zero-order chi connectivity index (χ0) is 18.5. The maximum atomic E-state index is 6.01. The lowest BCUT2D eigenvalue weighted by Crippen LogP contribution is -2.12. The third-order valence-electron chi connectivity index (χ3n) is 4.29. The number of fused-ring (bicyclic) bond motifs is 1. The molecule has 4 nitrogen and oxygen atoms in total. The van der Waals surface area contributed by atoms with Crippen molar-refractivity contribution in [1.29, 1.82) is 0 Å². The molecule has 3 aromatic rings. The van der Waals surface area contributed by atoms with Crippen LogP contribution in [0.1, 0.15) is 16.7 Å². The SMILES string of the molecule is Clc1cccc(COc2cccc(CNCc3ccc4c(c3)OCO4)c2)c1. The van der Waals surface area contributed by atoms with Gasteiger partial charge in [-0.1, -0.05) is 41.9 Å².